The largest absolute Gasteiger partial charge is 0.465 e. The molecule has 20 heavy (non-hydrogen) atoms. The zero-order valence-electron chi connectivity index (χ0n) is 13.8. The van der Waals surface area contributed by atoms with Crippen LogP contribution in [0.25, 0.3) is 0 Å². The van der Waals surface area contributed by atoms with Gasteiger partial charge in [0.2, 0.25) is 0 Å². The normalized spacial score (nSPS) is 11.4. The number of nitrogens with zero attached hydrogens (tertiary/aromatic N) is 1. The van der Waals surface area contributed by atoms with Crippen LogP contribution in [0.3, 0.4) is 0 Å². The summed E-state index contributed by atoms with van der Waals surface area (Å²) < 4.78 is 5.92. The molecule has 0 saturated heterocycles. The third kappa shape index (κ3) is 6.10. The van der Waals surface area contributed by atoms with Crippen LogP contribution < -0.4 is 5.32 Å². The van der Waals surface area contributed by atoms with E-state index < -0.39 is 0 Å². The summed E-state index contributed by atoms with van der Waals surface area (Å²) in [5.74, 6) is 2.18. The van der Waals surface area contributed by atoms with E-state index in [0.29, 0.717) is 0 Å². The average molecular weight is 280 g/mol. The van der Waals surface area contributed by atoms with E-state index in [2.05, 4.69) is 44.0 Å². The van der Waals surface area contributed by atoms with E-state index >= 15 is 0 Å². The minimum atomic E-state index is 0.912. The number of hydrogen-bond acceptors (Lipinski definition) is 3. The molecular formula is C17H32N2O. The SMILES string of the molecule is CCCCN(CCCC)Cc1cc(CNCC)c(C)o1. The summed E-state index contributed by atoms with van der Waals surface area (Å²) in [5, 5.41) is 3.37. The minimum absolute atomic E-state index is 0.912. The van der Waals surface area contributed by atoms with Crippen LogP contribution in [0.2, 0.25) is 0 Å². The third-order valence-electron chi connectivity index (χ3n) is 3.67. The number of unbranched alkanes of at least 4 members (excludes halogenated alkanes) is 2. The lowest BCUT2D eigenvalue weighted by Crippen LogP contribution is -2.25. The van der Waals surface area contributed by atoms with Gasteiger partial charge in [0.1, 0.15) is 11.5 Å². The van der Waals surface area contributed by atoms with Crippen molar-refractivity contribution in [1.82, 2.24) is 10.2 Å². The summed E-state index contributed by atoms with van der Waals surface area (Å²) >= 11 is 0. The molecule has 3 nitrogen and oxygen atoms in total. The van der Waals surface area contributed by atoms with Crippen molar-refractivity contribution in [1.29, 1.82) is 0 Å². The minimum Gasteiger partial charge on any atom is -0.465 e. The van der Waals surface area contributed by atoms with Crippen molar-refractivity contribution in [3.05, 3.63) is 23.2 Å². The Labute approximate surface area is 124 Å². The highest BCUT2D eigenvalue weighted by Gasteiger charge is 2.11. The molecule has 0 aliphatic heterocycles. The molecular weight excluding hydrogens is 248 g/mol. The Kier molecular flexibility index (Phi) is 8.63. The van der Waals surface area contributed by atoms with Gasteiger partial charge in [-0.25, -0.2) is 0 Å². The van der Waals surface area contributed by atoms with Crippen LogP contribution in [-0.4, -0.2) is 24.5 Å². The molecule has 0 radical (unpaired) electrons. The van der Waals surface area contributed by atoms with Crippen LogP contribution >= 0.6 is 0 Å². The number of furan rings is 1. The summed E-state index contributed by atoms with van der Waals surface area (Å²) in [6.07, 6.45) is 5.05. The van der Waals surface area contributed by atoms with Crippen LogP contribution in [-0.2, 0) is 13.1 Å². The van der Waals surface area contributed by atoms with Gasteiger partial charge in [-0.1, -0.05) is 33.6 Å². The highest BCUT2D eigenvalue weighted by atomic mass is 16.3. The lowest BCUT2D eigenvalue weighted by molar-refractivity contribution is 0.235. The quantitative estimate of drug-likeness (QED) is 0.661. The first-order valence-corrected chi connectivity index (χ1v) is 8.22. The van der Waals surface area contributed by atoms with Crippen LogP contribution in [0.5, 0.6) is 0 Å². The second kappa shape index (κ2) is 10.0. The van der Waals surface area contributed by atoms with Gasteiger partial charge in [-0.05, 0) is 45.5 Å². The molecule has 0 atom stereocenters. The Balaban J connectivity index is 2.57. The Hall–Kier alpha value is -0.800. The van der Waals surface area contributed by atoms with Crippen molar-refractivity contribution in [3.63, 3.8) is 0 Å². The van der Waals surface area contributed by atoms with Gasteiger partial charge >= 0.3 is 0 Å². The van der Waals surface area contributed by atoms with E-state index in [1.807, 2.05) is 0 Å². The third-order valence-corrected chi connectivity index (χ3v) is 3.67. The molecule has 0 aromatic carbocycles. The Bertz CT molecular complexity index is 352. The number of aryl methyl sites for hydroxylation is 1. The molecule has 1 aromatic heterocycles. The van der Waals surface area contributed by atoms with E-state index in [-0.39, 0.29) is 0 Å². The van der Waals surface area contributed by atoms with Crippen molar-refractivity contribution in [3.8, 4) is 0 Å². The molecule has 1 N–H and O–H groups in total. The smallest absolute Gasteiger partial charge is 0.118 e. The molecule has 0 aliphatic carbocycles. The molecule has 3 heteroatoms. The Morgan fingerprint density at radius 3 is 2.30 bits per heavy atom. The van der Waals surface area contributed by atoms with Crippen molar-refractivity contribution < 1.29 is 4.42 Å². The zero-order valence-corrected chi connectivity index (χ0v) is 13.8. The molecule has 116 valence electrons. The maximum atomic E-state index is 5.92. The molecule has 0 bridgehead atoms. The predicted octanol–water partition coefficient (Wildman–Crippen LogP) is 4.10. The predicted molar refractivity (Wildman–Crippen MR) is 85.9 cm³/mol. The molecule has 0 spiro atoms. The van der Waals surface area contributed by atoms with E-state index in [0.717, 1.165) is 31.2 Å². The fourth-order valence-corrected chi connectivity index (χ4v) is 2.35. The maximum Gasteiger partial charge on any atom is 0.118 e. The first-order valence-electron chi connectivity index (χ1n) is 8.22. The van der Waals surface area contributed by atoms with Crippen molar-refractivity contribution >= 4 is 0 Å². The zero-order chi connectivity index (χ0) is 14.8. The van der Waals surface area contributed by atoms with Crippen LogP contribution in [0, 0.1) is 6.92 Å². The molecule has 1 heterocycles. The van der Waals surface area contributed by atoms with Gasteiger partial charge in [0.05, 0.1) is 6.54 Å². The van der Waals surface area contributed by atoms with Crippen LogP contribution in [0.4, 0.5) is 0 Å². The topological polar surface area (TPSA) is 28.4 Å². The van der Waals surface area contributed by atoms with E-state index in [1.165, 1.54) is 44.3 Å². The summed E-state index contributed by atoms with van der Waals surface area (Å²) in [4.78, 5) is 2.53. The van der Waals surface area contributed by atoms with Gasteiger partial charge < -0.3 is 9.73 Å². The van der Waals surface area contributed by atoms with Gasteiger partial charge in [0, 0.05) is 12.1 Å². The Morgan fingerprint density at radius 1 is 1.10 bits per heavy atom. The molecule has 1 rings (SSSR count). The average Bonchev–Trinajstić information content (AvgIpc) is 2.79. The number of rotatable bonds is 11. The van der Waals surface area contributed by atoms with Crippen molar-refractivity contribution in [2.45, 2.75) is 66.5 Å². The summed E-state index contributed by atoms with van der Waals surface area (Å²) in [5.41, 5.74) is 1.30. The summed E-state index contributed by atoms with van der Waals surface area (Å²) in [6, 6.07) is 2.23. The van der Waals surface area contributed by atoms with Crippen LogP contribution in [0.15, 0.2) is 10.5 Å². The lowest BCUT2D eigenvalue weighted by Gasteiger charge is -2.20. The molecule has 0 fully saturated rings. The first-order chi connectivity index (χ1) is 9.71. The van der Waals surface area contributed by atoms with Gasteiger partial charge in [-0.3, -0.25) is 4.90 Å². The van der Waals surface area contributed by atoms with Crippen molar-refractivity contribution in [2.75, 3.05) is 19.6 Å². The van der Waals surface area contributed by atoms with Crippen LogP contribution in [0.1, 0.15) is 63.5 Å². The van der Waals surface area contributed by atoms with Gasteiger partial charge in [-0.2, -0.15) is 0 Å². The second-order valence-corrected chi connectivity index (χ2v) is 5.56. The fourth-order valence-electron chi connectivity index (χ4n) is 2.35. The highest BCUT2D eigenvalue weighted by molar-refractivity contribution is 5.20. The lowest BCUT2D eigenvalue weighted by atomic mass is 10.2. The van der Waals surface area contributed by atoms with Gasteiger partial charge in [0.15, 0.2) is 0 Å². The second-order valence-electron chi connectivity index (χ2n) is 5.56. The first kappa shape index (κ1) is 17.3. The standard InChI is InChI=1S/C17H32N2O/c1-5-8-10-19(11-9-6-2)14-17-12-16(13-18-7-3)15(4)20-17/h12,18H,5-11,13-14H2,1-4H3. The molecule has 0 saturated carbocycles. The molecule has 1 aromatic rings. The fraction of sp³-hybridized carbons (Fsp3) is 0.765. The van der Waals surface area contributed by atoms with Gasteiger partial charge in [0.25, 0.3) is 0 Å². The van der Waals surface area contributed by atoms with E-state index in [1.54, 1.807) is 0 Å². The molecule has 0 amide bonds. The highest BCUT2D eigenvalue weighted by Crippen LogP contribution is 2.17. The maximum absolute atomic E-state index is 5.92. The van der Waals surface area contributed by atoms with E-state index in [9.17, 15) is 0 Å². The molecule has 0 aliphatic rings. The summed E-state index contributed by atoms with van der Waals surface area (Å²) in [7, 11) is 0. The van der Waals surface area contributed by atoms with Gasteiger partial charge in [-0.15, -0.1) is 0 Å². The monoisotopic (exact) mass is 280 g/mol. The number of nitrogens with one attached hydrogen (secondary N) is 1. The Morgan fingerprint density at radius 2 is 1.75 bits per heavy atom. The van der Waals surface area contributed by atoms with Crippen molar-refractivity contribution in [2.24, 2.45) is 0 Å². The number of hydrogen-bond donors (Lipinski definition) is 1. The molecule has 0 unspecified atom stereocenters. The summed E-state index contributed by atoms with van der Waals surface area (Å²) in [6.45, 7) is 13.9. The van der Waals surface area contributed by atoms with E-state index in [4.69, 9.17) is 4.42 Å².